The van der Waals surface area contributed by atoms with Gasteiger partial charge in [-0.15, -0.1) is 0 Å². The molecule has 2 unspecified atom stereocenters. The zero-order chi connectivity index (χ0) is 17.0. The topological polar surface area (TPSA) is 27.3 Å². The van der Waals surface area contributed by atoms with Crippen molar-refractivity contribution >= 4 is 40.3 Å². The monoisotopic (exact) mass is 373 g/mol. The highest BCUT2D eigenvalue weighted by Gasteiger charge is 2.38. The first kappa shape index (κ1) is 15.8. The highest BCUT2D eigenvalue weighted by atomic mass is 35.5. The van der Waals surface area contributed by atoms with Crippen molar-refractivity contribution in [3.63, 3.8) is 0 Å². The van der Waals surface area contributed by atoms with Crippen LogP contribution in [0.15, 0.2) is 30.3 Å². The molecule has 5 heteroatoms. The Hall–Kier alpha value is -1.42. The molecule has 0 amide bonds. The van der Waals surface area contributed by atoms with Crippen LogP contribution in [0.5, 0.6) is 0 Å². The van der Waals surface area contributed by atoms with Crippen LogP contribution in [0.1, 0.15) is 23.5 Å². The summed E-state index contributed by atoms with van der Waals surface area (Å²) in [5.41, 5.74) is 6.45. The summed E-state index contributed by atoms with van der Waals surface area (Å²) < 4.78 is 0. The van der Waals surface area contributed by atoms with E-state index >= 15 is 0 Å². The third-order valence-electron chi connectivity index (χ3n) is 5.83. The smallest absolute Gasteiger partial charge is 0.0827 e. The molecule has 2 aromatic carbocycles. The van der Waals surface area contributed by atoms with Gasteiger partial charge >= 0.3 is 0 Å². The molecular formula is C20H21Cl2N3. The van der Waals surface area contributed by atoms with Gasteiger partial charge in [-0.25, -0.2) is 0 Å². The number of hydrogen-bond acceptors (Lipinski definition) is 3. The van der Waals surface area contributed by atoms with Crippen molar-refractivity contribution in [2.24, 2.45) is 5.92 Å². The quantitative estimate of drug-likeness (QED) is 0.790. The molecule has 3 aliphatic rings. The van der Waals surface area contributed by atoms with Gasteiger partial charge in [0.05, 0.1) is 15.7 Å². The molecule has 2 atom stereocenters. The van der Waals surface area contributed by atoms with E-state index in [0.29, 0.717) is 16.0 Å². The number of hydrogen-bond donors (Lipinski definition) is 2. The molecule has 5 rings (SSSR count). The largest absolute Gasteiger partial charge is 0.371 e. The predicted octanol–water partition coefficient (Wildman–Crippen LogP) is 4.81. The van der Waals surface area contributed by atoms with E-state index in [2.05, 4.69) is 27.7 Å². The van der Waals surface area contributed by atoms with E-state index in [9.17, 15) is 0 Å². The first-order chi connectivity index (χ1) is 12.2. The molecule has 2 N–H and O–H groups in total. The molecule has 2 aromatic rings. The van der Waals surface area contributed by atoms with Gasteiger partial charge in [0.2, 0.25) is 0 Å². The lowest BCUT2D eigenvalue weighted by atomic mass is 9.80. The SMILES string of the molecule is Clc1cccc(Nc2cc3c4c(c2)C2CNCC2CN4CCC3)c1Cl. The van der Waals surface area contributed by atoms with Gasteiger partial charge in [0.1, 0.15) is 0 Å². The summed E-state index contributed by atoms with van der Waals surface area (Å²) in [7, 11) is 0. The molecule has 3 heterocycles. The van der Waals surface area contributed by atoms with Crippen LogP contribution in [0.25, 0.3) is 0 Å². The molecule has 1 saturated heterocycles. The van der Waals surface area contributed by atoms with Gasteiger partial charge in [-0.3, -0.25) is 0 Å². The second kappa shape index (κ2) is 6.08. The molecule has 0 radical (unpaired) electrons. The summed E-state index contributed by atoms with van der Waals surface area (Å²) in [4.78, 5) is 2.61. The molecular weight excluding hydrogens is 353 g/mol. The maximum atomic E-state index is 6.37. The standard InChI is InChI=1S/C20H21Cl2N3/c21-17-4-1-5-18(19(17)22)24-14-7-12-3-2-6-25-11-13-9-23-10-16(13)15(8-14)20(12)25/h1,4-5,7-8,13,16,23-24H,2-3,6,9-11H2. The summed E-state index contributed by atoms with van der Waals surface area (Å²) in [6, 6.07) is 10.4. The average molecular weight is 374 g/mol. The third kappa shape index (κ3) is 2.61. The van der Waals surface area contributed by atoms with E-state index in [1.807, 2.05) is 18.2 Å². The van der Waals surface area contributed by atoms with Crippen molar-refractivity contribution in [3.05, 3.63) is 51.5 Å². The van der Waals surface area contributed by atoms with E-state index < -0.39 is 0 Å². The highest BCUT2D eigenvalue weighted by molar-refractivity contribution is 6.43. The van der Waals surface area contributed by atoms with Gasteiger partial charge in [0.25, 0.3) is 0 Å². The minimum Gasteiger partial charge on any atom is -0.371 e. The molecule has 3 nitrogen and oxygen atoms in total. The normalized spacial score (nSPS) is 24.0. The minimum absolute atomic E-state index is 0.581. The van der Waals surface area contributed by atoms with Crippen molar-refractivity contribution < 1.29 is 0 Å². The molecule has 3 aliphatic heterocycles. The molecule has 0 saturated carbocycles. The summed E-state index contributed by atoms with van der Waals surface area (Å²) in [5, 5.41) is 8.25. The minimum atomic E-state index is 0.581. The van der Waals surface area contributed by atoms with Crippen molar-refractivity contribution in [1.29, 1.82) is 0 Å². The number of rotatable bonds is 2. The van der Waals surface area contributed by atoms with Gasteiger partial charge in [-0.1, -0.05) is 29.3 Å². The van der Waals surface area contributed by atoms with E-state index in [4.69, 9.17) is 23.2 Å². The van der Waals surface area contributed by atoms with Crippen LogP contribution in [0.4, 0.5) is 17.1 Å². The highest BCUT2D eigenvalue weighted by Crippen LogP contribution is 2.46. The van der Waals surface area contributed by atoms with Gasteiger partial charge in [-0.2, -0.15) is 0 Å². The number of anilines is 3. The number of fused-ring (bicyclic) bond motifs is 2. The lowest BCUT2D eigenvalue weighted by Gasteiger charge is -2.42. The predicted molar refractivity (Wildman–Crippen MR) is 106 cm³/mol. The fraction of sp³-hybridized carbons (Fsp3) is 0.400. The molecule has 0 aromatic heterocycles. The van der Waals surface area contributed by atoms with Crippen LogP contribution in [0.3, 0.4) is 0 Å². The van der Waals surface area contributed by atoms with Crippen LogP contribution >= 0.6 is 23.2 Å². The Balaban J connectivity index is 1.58. The van der Waals surface area contributed by atoms with E-state index in [0.717, 1.165) is 36.8 Å². The maximum Gasteiger partial charge on any atom is 0.0827 e. The zero-order valence-electron chi connectivity index (χ0n) is 14.0. The van der Waals surface area contributed by atoms with Crippen LogP contribution < -0.4 is 15.5 Å². The van der Waals surface area contributed by atoms with Crippen molar-refractivity contribution in [2.75, 3.05) is 36.4 Å². The Morgan fingerprint density at radius 1 is 1.16 bits per heavy atom. The van der Waals surface area contributed by atoms with Gasteiger partial charge in [-0.05, 0) is 54.2 Å². The second-order valence-corrected chi connectivity index (χ2v) is 8.16. The number of nitrogens with one attached hydrogen (secondary N) is 2. The Bertz CT molecular complexity index is 836. The van der Waals surface area contributed by atoms with Crippen LogP contribution in [0, 0.1) is 5.92 Å². The van der Waals surface area contributed by atoms with E-state index in [-0.39, 0.29) is 0 Å². The summed E-state index contributed by atoms with van der Waals surface area (Å²) in [5.74, 6) is 1.35. The molecule has 130 valence electrons. The first-order valence-corrected chi connectivity index (χ1v) is 9.80. The maximum absolute atomic E-state index is 6.37. The zero-order valence-corrected chi connectivity index (χ0v) is 15.5. The molecule has 25 heavy (non-hydrogen) atoms. The summed E-state index contributed by atoms with van der Waals surface area (Å²) in [6.45, 7) is 4.61. The number of aryl methyl sites for hydroxylation is 1. The molecule has 0 aliphatic carbocycles. The van der Waals surface area contributed by atoms with E-state index in [1.54, 1.807) is 0 Å². The Morgan fingerprint density at radius 2 is 2.08 bits per heavy atom. The van der Waals surface area contributed by atoms with Crippen molar-refractivity contribution in [2.45, 2.75) is 18.8 Å². The van der Waals surface area contributed by atoms with Crippen LogP contribution in [0.2, 0.25) is 10.0 Å². The number of halogens is 2. The summed E-state index contributed by atoms with van der Waals surface area (Å²) in [6.07, 6.45) is 2.39. The number of benzene rings is 2. The van der Waals surface area contributed by atoms with E-state index in [1.165, 1.54) is 36.3 Å². The lowest BCUT2D eigenvalue weighted by Crippen LogP contribution is -2.41. The first-order valence-electron chi connectivity index (χ1n) is 9.04. The average Bonchev–Trinajstić information content (AvgIpc) is 3.08. The van der Waals surface area contributed by atoms with Crippen LogP contribution in [-0.2, 0) is 6.42 Å². The van der Waals surface area contributed by atoms with Gasteiger partial charge in [0, 0.05) is 43.5 Å². The van der Waals surface area contributed by atoms with Crippen molar-refractivity contribution in [1.82, 2.24) is 5.32 Å². The van der Waals surface area contributed by atoms with Gasteiger partial charge in [0.15, 0.2) is 0 Å². The number of nitrogens with zero attached hydrogens (tertiary/aromatic N) is 1. The van der Waals surface area contributed by atoms with Gasteiger partial charge < -0.3 is 15.5 Å². The summed E-state index contributed by atoms with van der Waals surface area (Å²) >= 11 is 12.5. The fourth-order valence-electron chi connectivity index (χ4n) is 4.73. The van der Waals surface area contributed by atoms with Crippen LogP contribution in [-0.4, -0.2) is 26.2 Å². The fourth-order valence-corrected chi connectivity index (χ4v) is 5.08. The van der Waals surface area contributed by atoms with Crippen molar-refractivity contribution in [3.8, 4) is 0 Å². The molecule has 1 fully saturated rings. The Morgan fingerprint density at radius 3 is 3.00 bits per heavy atom. The lowest BCUT2D eigenvalue weighted by molar-refractivity contribution is 0.470. The second-order valence-electron chi connectivity index (χ2n) is 7.37. The Kier molecular flexibility index (Phi) is 3.85. The Labute approximate surface area is 158 Å². The molecule has 0 spiro atoms. The third-order valence-corrected chi connectivity index (χ3v) is 6.65. The molecule has 0 bridgehead atoms.